The lowest BCUT2D eigenvalue weighted by Crippen LogP contribution is -2.35. The molecule has 0 bridgehead atoms. The average Bonchev–Trinajstić information content (AvgIpc) is 3.37. The Morgan fingerprint density at radius 2 is 1.62 bits per heavy atom. The van der Waals surface area contributed by atoms with Gasteiger partial charge in [-0.05, 0) is 60.3 Å². The molecule has 1 saturated carbocycles. The van der Waals surface area contributed by atoms with E-state index in [0.717, 1.165) is 19.3 Å². The molecule has 7 heteroatoms. The van der Waals surface area contributed by atoms with Gasteiger partial charge in [-0.3, -0.25) is 9.59 Å². The Bertz CT molecular complexity index is 1010. The SMILES string of the molecule is C[C@H](CC(=O)O)NC(=O)CC1CCC(CNC(=O)OCC2c3ccccc3-c3ccccc32)C1. The van der Waals surface area contributed by atoms with Gasteiger partial charge in [0.15, 0.2) is 0 Å². The summed E-state index contributed by atoms with van der Waals surface area (Å²) in [4.78, 5) is 35.3. The van der Waals surface area contributed by atoms with E-state index < -0.39 is 12.1 Å². The minimum Gasteiger partial charge on any atom is -0.481 e. The summed E-state index contributed by atoms with van der Waals surface area (Å²) in [6.07, 6.45) is 2.65. The van der Waals surface area contributed by atoms with Gasteiger partial charge in [-0.2, -0.15) is 0 Å². The first-order valence-corrected chi connectivity index (χ1v) is 12.0. The Kier molecular flexibility index (Phi) is 7.50. The molecule has 0 aromatic heterocycles. The Morgan fingerprint density at radius 3 is 2.26 bits per heavy atom. The molecule has 4 rings (SSSR count). The number of hydrogen-bond donors (Lipinski definition) is 3. The molecule has 2 aliphatic carbocycles. The molecule has 2 aromatic rings. The van der Waals surface area contributed by atoms with E-state index in [1.165, 1.54) is 22.3 Å². The Labute approximate surface area is 199 Å². The van der Waals surface area contributed by atoms with Crippen molar-refractivity contribution in [3.63, 3.8) is 0 Å². The number of hydrogen-bond acceptors (Lipinski definition) is 4. The molecule has 0 radical (unpaired) electrons. The number of carboxylic acids is 1. The number of rotatable bonds is 9. The molecule has 0 aliphatic heterocycles. The first-order chi connectivity index (χ1) is 16.4. The second-order valence-electron chi connectivity index (χ2n) is 9.52. The van der Waals surface area contributed by atoms with E-state index in [-0.39, 0.29) is 30.2 Å². The highest BCUT2D eigenvalue weighted by atomic mass is 16.5. The molecule has 3 atom stereocenters. The highest BCUT2D eigenvalue weighted by molar-refractivity contribution is 5.79. The second-order valence-corrected chi connectivity index (χ2v) is 9.52. The second kappa shape index (κ2) is 10.7. The third kappa shape index (κ3) is 5.76. The molecule has 1 fully saturated rings. The van der Waals surface area contributed by atoms with Gasteiger partial charge in [0.2, 0.25) is 5.91 Å². The van der Waals surface area contributed by atoms with Crippen LogP contribution in [0.15, 0.2) is 48.5 Å². The first-order valence-electron chi connectivity index (χ1n) is 12.0. The number of aliphatic carboxylic acids is 1. The largest absolute Gasteiger partial charge is 0.481 e. The van der Waals surface area contributed by atoms with Crippen LogP contribution >= 0.6 is 0 Å². The Hall–Kier alpha value is -3.35. The van der Waals surface area contributed by atoms with Crippen molar-refractivity contribution in [3.05, 3.63) is 59.7 Å². The molecule has 2 aromatic carbocycles. The van der Waals surface area contributed by atoms with Crippen LogP contribution in [0.5, 0.6) is 0 Å². The summed E-state index contributed by atoms with van der Waals surface area (Å²) >= 11 is 0. The van der Waals surface area contributed by atoms with E-state index >= 15 is 0 Å². The molecule has 2 amide bonds. The fourth-order valence-corrected chi connectivity index (χ4v) is 5.34. The maximum Gasteiger partial charge on any atom is 0.407 e. The predicted molar refractivity (Wildman–Crippen MR) is 128 cm³/mol. The topological polar surface area (TPSA) is 105 Å². The molecular weight excluding hydrogens is 432 g/mol. The summed E-state index contributed by atoms with van der Waals surface area (Å²) in [6.45, 7) is 2.52. The lowest BCUT2D eigenvalue weighted by Gasteiger charge is -2.16. The van der Waals surface area contributed by atoms with Crippen LogP contribution in [0.1, 0.15) is 56.1 Å². The molecule has 0 heterocycles. The zero-order valence-corrected chi connectivity index (χ0v) is 19.5. The van der Waals surface area contributed by atoms with Crippen molar-refractivity contribution in [1.82, 2.24) is 10.6 Å². The van der Waals surface area contributed by atoms with E-state index in [9.17, 15) is 14.4 Å². The quantitative estimate of drug-likeness (QED) is 0.513. The van der Waals surface area contributed by atoms with Gasteiger partial charge in [0.05, 0.1) is 6.42 Å². The fraction of sp³-hybridized carbons (Fsp3) is 0.444. The van der Waals surface area contributed by atoms with E-state index in [2.05, 4.69) is 34.9 Å². The summed E-state index contributed by atoms with van der Waals surface area (Å²) < 4.78 is 5.60. The third-order valence-corrected chi connectivity index (χ3v) is 6.89. The zero-order valence-electron chi connectivity index (χ0n) is 19.5. The van der Waals surface area contributed by atoms with Crippen molar-refractivity contribution in [3.8, 4) is 11.1 Å². The van der Waals surface area contributed by atoms with E-state index in [0.29, 0.717) is 25.5 Å². The van der Waals surface area contributed by atoms with E-state index in [4.69, 9.17) is 9.84 Å². The molecular formula is C27H32N2O5. The number of carbonyl (C=O) groups is 3. The maximum absolute atomic E-state index is 12.4. The minimum atomic E-state index is -0.923. The third-order valence-electron chi connectivity index (χ3n) is 6.89. The van der Waals surface area contributed by atoms with Crippen molar-refractivity contribution in [2.75, 3.05) is 13.2 Å². The number of amides is 2. The molecule has 2 unspecified atom stereocenters. The number of ether oxygens (including phenoxy) is 1. The van der Waals surface area contributed by atoms with Crippen molar-refractivity contribution in [2.24, 2.45) is 11.8 Å². The van der Waals surface area contributed by atoms with Gasteiger partial charge >= 0.3 is 12.1 Å². The van der Waals surface area contributed by atoms with Crippen LogP contribution in [0.3, 0.4) is 0 Å². The molecule has 2 aliphatic rings. The molecule has 7 nitrogen and oxygen atoms in total. The van der Waals surface area contributed by atoms with Gasteiger partial charge in [0.1, 0.15) is 6.61 Å². The van der Waals surface area contributed by atoms with Gasteiger partial charge in [-0.15, -0.1) is 0 Å². The van der Waals surface area contributed by atoms with Crippen LogP contribution in [0.25, 0.3) is 11.1 Å². The number of nitrogens with one attached hydrogen (secondary N) is 2. The lowest BCUT2D eigenvalue weighted by atomic mass is 9.98. The number of fused-ring (bicyclic) bond motifs is 3. The van der Waals surface area contributed by atoms with E-state index in [1.807, 2.05) is 24.3 Å². The zero-order chi connectivity index (χ0) is 24.1. The van der Waals surface area contributed by atoms with Gasteiger partial charge in [0, 0.05) is 24.9 Å². The summed E-state index contributed by atoms with van der Waals surface area (Å²) in [6, 6.07) is 16.1. The monoisotopic (exact) mass is 464 g/mol. The van der Waals surface area contributed by atoms with Crippen LogP contribution < -0.4 is 10.6 Å². The molecule has 0 saturated heterocycles. The standard InChI is InChI=1S/C27H32N2O5/c1-17(12-26(31)32)29-25(30)14-18-10-11-19(13-18)15-28-27(33)34-16-24-22-8-4-2-6-20(22)21-7-3-5-9-23(21)24/h2-9,17-19,24H,10-16H2,1H3,(H,28,33)(H,29,30)(H,31,32)/t17-,18?,19?/m1/s1. The van der Waals surface area contributed by atoms with Crippen molar-refractivity contribution in [2.45, 2.75) is 51.0 Å². The van der Waals surface area contributed by atoms with Crippen molar-refractivity contribution in [1.29, 1.82) is 0 Å². The number of carboxylic acid groups (broad SMARTS) is 1. The molecule has 34 heavy (non-hydrogen) atoms. The van der Waals surface area contributed by atoms with E-state index in [1.54, 1.807) is 6.92 Å². The molecule has 0 spiro atoms. The number of carbonyl (C=O) groups excluding carboxylic acids is 2. The smallest absolute Gasteiger partial charge is 0.407 e. The summed E-state index contributed by atoms with van der Waals surface area (Å²) in [5, 5.41) is 14.5. The van der Waals surface area contributed by atoms with Crippen LogP contribution in [0.2, 0.25) is 0 Å². The average molecular weight is 465 g/mol. The molecule has 180 valence electrons. The van der Waals surface area contributed by atoms with Crippen LogP contribution in [0, 0.1) is 11.8 Å². The highest BCUT2D eigenvalue weighted by Crippen LogP contribution is 2.44. The van der Waals surface area contributed by atoms with Gasteiger partial charge in [-0.25, -0.2) is 4.79 Å². The maximum atomic E-state index is 12.4. The predicted octanol–water partition coefficient (Wildman–Crippen LogP) is 4.31. The van der Waals surface area contributed by atoms with Crippen molar-refractivity contribution >= 4 is 18.0 Å². The van der Waals surface area contributed by atoms with Crippen LogP contribution in [0.4, 0.5) is 4.79 Å². The summed E-state index contributed by atoms with van der Waals surface area (Å²) in [5.41, 5.74) is 4.77. The first kappa shape index (κ1) is 23.8. The number of alkyl carbamates (subject to hydrolysis) is 1. The lowest BCUT2D eigenvalue weighted by molar-refractivity contribution is -0.137. The number of benzene rings is 2. The summed E-state index contributed by atoms with van der Waals surface area (Å²) in [7, 11) is 0. The summed E-state index contributed by atoms with van der Waals surface area (Å²) in [5.74, 6) is -0.422. The van der Waals surface area contributed by atoms with Crippen LogP contribution in [-0.4, -0.2) is 42.3 Å². The van der Waals surface area contributed by atoms with Gasteiger partial charge in [-0.1, -0.05) is 48.5 Å². The van der Waals surface area contributed by atoms with Gasteiger partial charge < -0.3 is 20.5 Å². The highest BCUT2D eigenvalue weighted by Gasteiger charge is 2.30. The molecule has 3 N–H and O–H groups in total. The fourth-order valence-electron chi connectivity index (χ4n) is 5.34. The van der Waals surface area contributed by atoms with Crippen LogP contribution in [-0.2, 0) is 14.3 Å². The minimum absolute atomic E-state index is 0.0380. The Morgan fingerprint density at radius 1 is 1.00 bits per heavy atom. The van der Waals surface area contributed by atoms with Crippen molar-refractivity contribution < 1.29 is 24.2 Å². The normalized spacial score (nSPS) is 19.7. The Balaban J connectivity index is 1.20. The van der Waals surface area contributed by atoms with Gasteiger partial charge in [0.25, 0.3) is 0 Å².